The van der Waals surface area contributed by atoms with Crippen LogP contribution in [0.5, 0.6) is 0 Å². The maximum absolute atomic E-state index is 11.9. The third-order valence-corrected chi connectivity index (χ3v) is 5.03. The van der Waals surface area contributed by atoms with Crippen LogP contribution in [0.2, 0.25) is 0 Å². The number of carbonyl (C=O) groups is 1. The Bertz CT molecular complexity index is 360. The largest absolute Gasteiger partial charge is 0.480 e. The molecule has 1 atom stereocenters. The van der Waals surface area contributed by atoms with Gasteiger partial charge in [-0.2, -0.15) is 4.31 Å². The Morgan fingerprint density at radius 1 is 1.33 bits per heavy atom. The predicted molar refractivity (Wildman–Crippen MR) is 53.9 cm³/mol. The molecule has 1 N–H and O–H groups in total. The highest BCUT2D eigenvalue weighted by atomic mass is 32.2. The van der Waals surface area contributed by atoms with Gasteiger partial charge < -0.3 is 5.11 Å². The molecule has 5 nitrogen and oxygen atoms in total. The fraction of sp³-hybridized carbons (Fsp3) is 0.889. The van der Waals surface area contributed by atoms with Gasteiger partial charge in [0.15, 0.2) is 0 Å². The molecule has 2 fully saturated rings. The van der Waals surface area contributed by atoms with Gasteiger partial charge in [-0.3, -0.25) is 4.79 Å². The topological polar surface area (TPSA) is 74.7 Å². The molecule has 6 heteroatoms. The number of rotatable bonds is 4. The van der Waals surface area contributed by atoms with Gasteiger partial charge in [0.2, 0.25) is 10.0 Å². The van der Waals surface area contributed by atoms with E-state index in [-0.39, 0.29) is 11.7 Å². The molecule has 1 aliphatic carbocycles. The predicted octanol–water partition coefficient (Wildman–Crippen LogP) is 0.275. The summed E-state index contributed by atoms with van der Waals surface area (Å²) in [5.74, 6) is -0.617. The minimum Gasteiger partial charge on any atom is -0.480 e. The van der Waals surface area contributed by atoms with E-state index in [4.69, 9.17) is 5.11 Å². The highest BCUT2D eigenvalue weighted by Crippen LogP contribution is 2.33. The van der Waals surface area contributed by atoms with Crippen molar-refractivity contribution in [2.24, 2.45) is 5.92 Å². The lowest BCUT2D eigenvalue weighted by atomic mass is 10.2. The SMILES string of the molecule is O=C(O)C1CCCN1S(=O)(=O)CC1CC1. The number of hydrogen-bond donors (Lipinski definition) is 1. The molecule has 15 heavy (non-hydrogen) atoms. The Hall–Kier alpha value is -0.620. The van der Waals surface area contributed by atoms with Crippen LogP contribution in [0.4, 0.5) is 0 Å². The number of aliphatic carboxylic acids is 1. The second kappa shape index (κ2) is 3.75. The molecule has 0 amide bonds. The highest BCUT2D eigenvalue weighted by molar-refractivity contribution is 7.89. The third kappa shape index (κ3) is 2.31. The van der Waals surface area contributed by atoms with Gasteiger partial charge in [0.25, 0.3) is 0 Å². The van der Waals surface area contributed by atoms with Crippen molar-refractivity contribution in [3.8, 4) is 0 Å². The molecular weight excluding hydrogens is 218 g/mol. The van der Waals surface area contributed by atoms with Gasteiger partial charge in [-0.05, 0) is 31.6 Å². The van der Waals surface area contributed by atoms with Crippen LogP contribution in [-0.2, 0) is 14.8 Å². The number of carboxylic acid groups (broad SMARTS) is 1. The molecule has 0 bridgehead atoms. The summed E-state index contributed by atoms with van der Waals surface area (Å²) in [5.41, 5.74) is 0. The molecule has 0 aromatic rings. The van der Waals surface area contributed by atoms with Crippen LogP contribution in [0.15, 0.2) is 0 Å². The molecule has 1 heterocycles. The average Bonchev–Trinajstić information content (AvgIpc) is 2.80. The molecule has 86 valence electrons. The van der Waals surface area contributed by atoms with Gasteiger partial charge in [0.1, 0.15) is 6.04 Å². The van der Waals surface area contributed by atoms with E-state index < -0.39 is 22.0 Å². The first-order valence-corrected chi connectivity index (χ1v) is 6.84. The van der Waals surface area contributed by atoms with Gasteiger partial charge in [-0.25, -0.2) is 8.42 Å². The summed E-state index contributed by atoms with van der Waals surface area (Å²) < 4.78 is 24.9. The van der Waals surface area contributed by atoms with E-state index in [1.54, 1.807) is 0 Å². The summed E-state index contributed by atoms with van der Waals surface area (Å²) in [6.07, 6.45) is 3.02. The summed E-state index contributed by atoms with van der Waals surface area (Å²) in [4.78, 5) is 10.9. The Morgan fingerprint density at radius 2 is 2.00 bits per heavy atom. The Labute approximate surface area is 89.1 Å². The number of sulfonamides is 1. The Morgan fingerprint density at radius 3 is 2.53 bits per heavy atom. The van der Waals surface area contributed by atoms with E-state index in [2.05, 4.69) is 0 Å². The van der Waals surface area contributed by atoms with Crippen LogP contribution in [0.3, 0.4) is 0 Å². The van der Waals surface area contributed by atoms with Crippen molar-refractivity contribution in [2.75, 3.05) is 12.3 Å². The van der Waals surface area contributed by atoms with E-state index in [0.29, 0.717) is 19.4 Å². The van der Waals surface area contributed by atoms with Crippen LogP contribution in [0, 0.1) is 5.92 Å². The van der Waals surface area contributed by atoms with Gasteiger partial charge >= 0.3 is 5.97 Å². The van der Waals surface area contributed by atoms with Crippen LogP contribution in [-0.4, -0.2) is 42.1 Å². The molecule has 1 saturated heterocycles. The smallest absolute Gasteiger partial charge is 0.322 e. The molecule has 2 aliphatic rings. The third-order valence-electron chi connectivity index (χ3n) is 2.99. The number of nitrogens with zero attached hydrogens (tertiary/aromatic N) is 1. The Kier molecular flexibility index (Phi) is 2.72. The highest BCUT2D eigenvalue weighted by Gasteiger charge is 2.40. The lowest BCUT2D eigenvalue weighted by Crippen LogP contribution is -2.41. The van der Waals surface area contributed by atoms with E-state index >= 15 is 0 Å². The van der Waals surface area contributed by atoms with Gasteiger partial charge in [-0.15, -0.1) is 0 Å². The van der Waals surface area contributed by atoms with Crippen LogP contribution < -0.4 is 0 Å². The van der Waals surface area contributed by atoms with E-state index in [0.717, 1.165) is 12.8 Å². The zero-order chi connectivity index (χ0) is 11.1. The summed E-state index contributed by atoms with van der Waals surface area (Å²) in [5, 5.41) is 8.89. The normalized spacial score (nSPS) is 28.1. The summed E-state index contributed by atoms with van der Waals surface area (Å²) >= 11 is 0. The fourth-order valence-electron chi connectivity index (χ4n) is 2.00. The van der Waals surface area contributed by atoms with Crippen LogP contribution in [0.1, 0.15) is 25.7 Å². The fourth-order valence-corrected chi connectivity index (χ4v) is 4.11. The van der Waals surface area contributed by atoms with Gasteiger partial charge in [0, 0.05) is 6.54 Å². The lowest BCUT2D eigenvalue weighted by Gasteiger charge is -2.20. The molecule has 1 saturated carbocycles. The van der Waals surface area contributed by atoms with Gasteiger partial charge in [-0.1, -0.05) is 0 Å². The van der Waals surface area contributed by atoms with E-state index in [9.17, 15) is 13.2 Å². The summed E-state index contributed by atoms with van der Waals surface area (Å²) in [6.45, 7) is 0.367. The second-order valence-electron chi connectivity index (χ2n) is 4.33. The molecule has 0 spiro atoms. The van der Waals surface area contributed by atoms with Crippen molar-refractivity contribution in [1.29, 1.82) is 0 Å². The molecular formula is C9H15NO4S. The zero-order valence-corrected chi connectivity index (χ0v) is 9.24. The maximum atomic E-state index is 11.9. The average molecular weight is 233 g/mol. The first-order valence-electron chi connectivity index (χ1n) is 5.23. The minimum atomic E-state index is -3.34. The monoisotopic (exact) mass is 233 g/mol. The number of hydrogen-bond acceptors (Lipinski definition) is 3. The van der Waals surface area contributed by atoms with Crippen molar-refractivity contribution in [3.05, 3.63) is 0 Å². The Balaban J connectivity index is 2.10. The first kappa shape index (κ1) is 10.9. The van der Waals surface area contributed by atoms with Crippen LogP contribution >= 0.6 is 0 Å². The first-order chi connectivity index (χ1) is 7.00. The molecule has 1 unspecified atom stereocenters. The molecule has 0 aromatic heterocycles. The second-order valence-corrected chi connectivity index (χ2v) is 6.30. The van der Waals surface area contributed by atoms with Crippen molar-refractivity contribution in [3.63, 3.8) is 0 Å². The summed E-state index contributed by atoms with van der Waals surface area (Å²) in [7, 11) is -3.34. The van der Waals surface area contributed by atoms with Crippen LogP contribution in [0.25, 0.3) is 0 Å². The van der Waals surface area contributed by atoms with E-state index in [1.807, 2.05) is 0 Å². The zero-order valence-electron chi connectivity index (χ0n) is 8.42. The number of carboxylic acids is 1. The van der Waals surface area contributed by atoms with Crippen molar-refractivity contribution in [2.45, 2.75) is 31.7 Å². The van der Waals surface area contributed by atoms with Crippen molar-refractivity contribution < 1.29 is 18.3 Å². The standard InChI is InChI=1S/C9H15NO4S/c11-9(12)8-2-1-5-10(8)15(13,14)6-7-3-4-7/h7-8H,1-6H2,(H,11,12). The molecule has 0 radical (unpaired) electrons. The lowest BCUT2D eigenvalue weighted by molar-refractivity contribution is -0.140. The summed E-state index contributed by atoms with van der Waals surface area (Å²) in [6, 6.07) is -0.825. The molecule has 2 rings (SSSR count). The minimum absolute atomic E-state index is 0.136. The quantitative estimate of drug-likeness (QED) is 0.756. The van der Waals surface area contributed by atoms with Crippen molar-refractivity contribution >= 4 is 16.0 Å². The van der Waals surface area contributed by atoms with Crippen molar-refractivity contribution in [1.82, 2.24) is 4.31 Å². The molecule has 0 aromatic carbocycles. The van der Waals surface area contributed by atoms with Gasteiger partial charge in [0.05, 0.1) is 5.75 Å². The maximum Gasteiger partial charge on any atom is 0.322 e. The molecule has 1 aliphatic heterocycles. The van der Waals surface area contributed by atoms with E-state index in [1.165, 1.54) is 4.31 Å².